The first-order chi connectivity index (χ1) is 7.06. The van der Waals surface area contributed by atoms with E-state index < -0.39 is 17.9 Å². The largest absolute Gasteiger partial charge is 0.480 e. The highest BCUT2D eigenvalue weighted by atomic mass is 16.4. The summed E-state index contributed by atoms with van der Waals surface area (Å²) in [6.07, 6.45) is 0.532. The van der Waals surface area contributed by atoms with Crippen molar-refractivity contribution in [3.8, 4) is 0 Å². The molecule has 1 aromatic carbocycles. The third-order valence-electron chi connectivity index (χ3n) is 1.87. The molecule has 0 spiro atoms. The molecule has 2 N–H and O–H groups in total. The SMILES string of the molecule is O=Cc1cccc(C(C(=O)O)C(=O)O)c1. The Balaban J connectivity index is 3.16. The van der Waals surface area contributed by atoms with Crippen LogP contribution in [0.4, 0.5) is 0 Å². The Labute approximate surface area is 85.0 Å². The number of rotatable bonds is 4. The van der Waals surface area contributed by atoms with Crippen molar-refractivity contribution in [1.29, 1.82) is 0 Å². The predicted octanol–water partition coefficient (Wildman–Crippen LogP) is 0.752. The highest BCUT2D eigenvalue weighted by Crippen LogP contribution is 2.17. The van der Waals surface area contributed by atoms with Gasteiger partial charge in [0, 0.05) is 5.56 Å². The van der Waals surface area contributed by atoms with Gasteiger partial charge in [-0.1, -0.05) is 18.2 Å². The van der Waals surface area contributed by atoms with Crippen LogP contribution in [0.1, 0.15) is 21.8 Å². The maximum Gasteiger partial charge on any atom is 0.322 e. The van der Waals surface area contributed by atoms with Crippen LogP contribution in [0.3, 0.4) is 0 Å². The van der Waals surface area contributed by atoms with Crippen LogP contribution >= 0.6 is 0 Å². The van der Waals surface area contributed by atoms with Gasteiger partial charge in [0.2, 0.25) is 0 Å². The summed E-state index contributed by atoms with van der Waals surface area (Å²) in [6.45, 7) is 0. The maximum absolute atomic E-state index is 10.7. The molecule has 0 fully saturated rings. The molecule has 1 rings (SSSR count). The Kier molecular flexibility index (Phi) is 3.17. The fourth-order valence-corrected chi connectivity index (χ4v) is 1.20. The summed E-state index contributed by atoms with van der Waals surface area (Å²) in [5.74, 6) is -4.54. The Morgan fingerprint density at radius 2 is 1.80 bits per heavy atom. The predicted molar refractivity (Wildman–Crippen MR) is 49.8 cm³/mol. The average molecular weight is 208 g/mol. The molecular formula is C10H8O5. The molecule has 0 aromatic heterocycles. The molecule has 0 aliphatic heterocycles. The van der Waals surface area contributed by atoms with Crippen LogP contribution in [0.5, 0.6) is 0 Å². The van der Waals surface area contributed by atoms with Gasteiger partial charge in [-0.3, -0.25) is 14.4 Å². The van der Waals surface area contributed by atoms with Gasteiger partial charge < -0.3 is 10.2 Å². The molecule has 0 amide bonds. The number of aliphatic carboxylic acids is 2. The van der Waals surface area contributed by atoms with E-state index in [2.05, 4.69) is 0 Å². The zero-order valence-electron chi connectivity index (χ0n) is 7.58. The second-order valence-electron chi connectivity index (χ2n) is 2.90. The highest BCUT2D eigenvalue weighted by Gasteiger charge is 2.27. The number of carboxylic acid groups (broad SMARTS) is 2. The van der Waals surface area contributed by atoms with Crippen molar-refractivity contribution in [2.75, 3.05) is 0 Å². The summed E-state index contributed by atoms with van der Waals surface area (Å²) in [4.78, 5) is 31.8. The van der Waals surface area contributed by atoms with E-state index in [0.29, 0.717) is 6.29 Å². The van der Waals surface area contributed by atoms with Gasteiger partial charge in [0.1, 0.15) is 6.29 Å². The number of carbonyl (C=O) groups is 3. The normalized spacial score (nSPS) is 9.93. The van der Waals surface area contributed by atoms with Crippen molar-refractivity contribution < 1.29 is 24.6 Å². The standard InChI is InChI=1S/C10H8O5/c11-5-6-2-1-3-7(4-6)8(9(12)13)10(14)15/h1-5,8H,(H,12,13)(H,14,15). The van der Waals surface area contributed by atoms with Gasteiger partial charge in [-0.15, -0.1) is 0 Å². The highest BCUT2D eigenvalue weighted by molar-refractivity contribution is 5.99. The van der Waals surface area contributed by atoms with Gasteiger partial charge in [-0.25, -0.2) is 0 Å². The molecule has 0 aliphatic carbocycles. The summed E-state index contributed by atoms with van der Waals surface area (Å²) in [6, 6.07) is 5.52. The summed E-state index contributed by atoms with van der Waals surface area (Å²) in [5.41, 5.74) is 0.333. The minimum absolute atomic E-state index is 0.0830. The first-order valence-corrected chi connectivity index (χ1v) is 4.07. The van der Waals surface area contributed by atoms with Gasteiger partial charge in [0.25, 0.3) is 0 Å². The monoisotopic (exact) mass is 208 g/mol. The van der Waals surface area contributed by atoms with Crippen molar-refractivity contribution in [3.63, 3.8) is 0 Å². The molecule has 0 heterocycles. The molecule has 0 saturated heterocycles. The third-order valence-corrected chi connectivity index (χ3v) is 1.87. The fraction of sp³-hybridized carbons (Fsp3) is 0.100. The lowest BCUT2D eigenvalue weighted by Gasteiger charge is -2.07. The van der Waals surface area contributed by atoms with Gasteiger partial charge in [0.05, 0.1) is 0 Å². The van der Waals surface area contributed by atoms with Gasteiger partial charge >= 0.3 is 11.9 Å². The number of benzene rings is 1. The summed E-state index contributed by atoms with van der Waals surface area (Å²) in [5, 5.41) is 17.4. The number of hydrogen-bond acceptors (Lipinski definition) is 3. The molecule has 0 atom stereocenters. The minimum atomic E-state index is -1.63. The van der Waals surface area contributed by atoms with Crippen molar-refractivity contribution in [3.05, 3.63) is 35.4 Å². The smallest absolute Gasteiger partial charge is 0.322 e. The third kappa shape index (κ3) is 2.40. The summed E-state index contributed by atoms with van der Waals surface area (Å²) < 4.78 is 0. The molecule has 15 heavy (non-hydrogen) atoms. The molecule has 5 nitrogen and oxygen atoms in total. The second kappa shape index (κ2) is 4.36. The second-order valence-corrected chi connectivity index (χ2v) is 2.90. The van der Waals surface area contributed by atoms with Crippen molar-refractivity contribution in [1.82, 2.24) is 0 Å². The first kappa shape index (κ1) is 10.9. The average Bonchev–Trinajstić information content (AvgIpc) is 2.17. The fourth-order valence-electron chi connectivity index (χ4n) is 1.20. The van der Waals surface area contributed by atoms with Crippen LogP contribution in [-0.2, 0) is 9.59 Å². The maximum atomic E-state index is 10.7. The number of aldehydes is 1. The molecule has 0 radical (unpaired) electrons. The summed E-state index contributed by atoms with van der Waals surface area (Å²) in [7, 11) is 0. The van der Waals surface area contributed by atoms with E-state index in [-0.39, 0.29) is 11.1 Å². The van der Waals surface area contributed by atoms with E-state index >= 15 is 0 Å². The van der Waals surface area contributed by atoms with Crippen molar-refractivity contribution >= 4 is 18.2 Å². The van der Waals surface area contributed by atoms with E-state index in [1.54, 1.807) is 0 Å². The summed E-state index contributed by atoms with van der Waals surface area (Å²) >= 11 is 0. The molecule has 1 aromatic rings. The Bertz CT molecular complexity index is 396. The van der Waals surface area contributed by atoms with E-state index in [1.165, 1.54) is 24.3 Å². The Morgan fingerprint density at radius 3 is 2.27 bits per heavy atom. The van der Waals surface area contributed by atoms with Crippen molar-refractivity contribution in [2.24, 2.45) is 0 Å². The van der Waals surface area contributed by atoms with Crippen LogP contribution < -0.4 is 0 Å². The van der Waals surface area contributed by atoms with E-state index in [9.17, 15) is 14.4 Å². The zero-order valence-corrected chi connectivity index (χ0v) is 7.58. The van der Waals surface area contributed by atoms with E-state index in [1.807, 2.05) is 0 Å². The zero-order chi connectivity index (χ0) is 11.4. The molecule has 0 aliphatic rings. The number of carbonyl (C=O) groups excluding carboxylic acids is 1. The lowest BCUT2D eigenvalue weighted by molar-refractivity contribution is -0.150. The molecule has 5 heteroatoms. The van der Waals surface area contributed by atoms with Gasteiger partial charge in [0.15, 0.2) is 5.92 Å². The quantitative estimate of drug-likeness (QED) is 0.562. The molecule has 0 saturated carbocycles. The number of carboxylic acids is 2. The minimum Gasteiger partial charge on any atom is -0.480 e. The van der Waals surface area contributed by atoms with Gasteiger partial charge in [-0.2, -0.15) is 0 Å². The Hall–Kier alpha value is -2.17. The van der Waals surface area contributed by atoms with E-state index in [4.69, 9.17) is 10.2 Å². The van der Waals surface area contributed by atoms with E-state index in [0.717, 1.165) is 0 Å². The van der Waals surface area contributed by atoms with Crippen LogP contribution in [0.2, 0.25) is 0 Å². The topological polar surface area (TPSA) is 91.7 Å². The molecule has 0 unspecified atom stereocenters. The van der Waals surface area contributed by atoms with Crippen LogP contribution in [0.25, 0.3) is 0 Å². The van der Waals surface area contributed by atoms with Crippen LogP contribution in [0, 0.1) is 0 Å². The van der Waals surface area contributed by atoms with Gasteiger partial charge in [-0.05, 0) is 11.6 Å². The number of hydrogen-bond donors (Lipinski definition) is 2. The lowest BCUT2D eigenvalue weighted by Crippen LogP contribution is -2.21. The molecule has 78 valence electrons. The molecule has 0 bridgehead atoms. The first-order valence-electron chi connectivity index (χ1n) is 4.07. The van der Waals surface area contributed by atoms with Crippen LogP contribution in [0.15, 0.2) is 24.3 Å². The van der Waals surface area contributed by atoms with Crippen molar-refractivity contribution in [2.45, 2.75) is 5.92 Å². The lowest BCUT2D eigenvalue weighted by atomic mass is 9.98. The van der Waals surface area contributed by atoms with Crippen LogP contribution in [-0.4, -0.2) is 28.4 Å². The molecular weight excluding hydrogens is 200 g/mol. The Morgan fingerprint density at radius 1 is 1.20 bits per heavy atom.